The van der Waals surface area contributed by atoms with E-state index in [1.165, 1.54) is 6.42 Å². The van der Waals surface area contributed by atoms with Crippen molar-refractivity contribution < 1.29 is 5.11 Å². The van der Waals surface area contributed by atoms with Gasteiger partial charge in [0.15, 0.2) is 0 Å². The highest BCUT2D eigenvalue weighted by molar-refractivity contribution is 5.84. The van der Waals surface area contributed by atoms with E-state index in [-0.39, 0.29) is 5.88 Å². The highest BCUT2D eigenvalue weighted by atomic mass is 16.3. The number of aliphatic hydroxyl groups is 1. The lowest BCUT2D eigenvalue weighted by molar-refractivity contribution is 0.00945. The van der Waals surface area contributed by atoms with Gasteiger partial charge in [-0.2, -0.15) is 10.4 Å². The van der Waals surface area contributed by atoms with Gasteiger partial charge in [0.2, 0.25) is 5.88 Å². The molecule has 1 N–H and O–H groups in total. The van der Waals surface area contributed by atoms with Gasteiger partial charge in [0.1, 0.15) is 11.9 Å². The van der Waals surface area contributed by atoms with Crippen molar-refractivity contribution in [2.75, 3.05) is 24.5 Å². The van der Waals surface area contributed by atoms with Gasteiger partial charge in [-0.3, -0.25) is 4.90 Å². The number of pyridine rings is 2. The number of aromatic nitrogens is 3. The number of piperazine rings is 1. The number of hydrogen-bond acceptors (Lipinski definition) is 7. The van der Waals surface area contributed by atoms with Gasteiger partial charge in [0.25, 0.3) is 0 Å². The summed E-state index contributed by atoms with van der Waals surface area (Å²) in [5.74, 6) is 0.975. The Bertz CT molecular complexity index is 1330. The fourth-order valence-electron chi connectivity index (χ4n) is 4.93. The zero-order valence-corrected chi connectivity index (χ0v) is 19.4. The van der Waals surface area contributed by atoms with Gasteiger partial charge in [-0.25, -0.2) is 14.5 Å². The van der Waals surface area contributed by atoms with Crippen LogP contribution in [0.15, 0.2) is 65.9 Å². The average molecular weight is 454 g/mol. The van der Waals surface area contributed by atoms with Crippen molar-refractivity contribution >= 4 is 17.5 Å². The summed E-state index contributed by atoms with van der Waals surface area (Å²) in [4.78, 5) is 13.6. The second-order valence-electron chi connectivity index (χ2n) is 8.98. The molecule has 0 amide bonds. The van der Waals surface area contributed by atoms with Crippen LogP contribution in [0.3, 0.4) is 0 Å². The van der Waals surface area contributed by atoms with Gasteiger partial charge < -0.3 is 10.0 Å². The fraction of sp³-hybridized carbons (Fsp3) is 0.308. The van der Waals surface area contributed by atoms with Gasteiger partial charge in [-0.1, -0.05) is 6.58 Å². The van der Waals surface area contributed by atoms with Crippen LogP contribution >= 0.6 is 0 Å². The number of allylic oxidation sites excluding steroid dienone is 1. The van der Waals surface area contributed by atoms with Crippen LogP contribution in [0.2, 0.25) is 0 Å². The van der Waals surface area contributed by atoms with Crippen molar-refractivity contribution in [2.24, 2.45) is 4.99 Å². The van der Waals surface area contributed by atoms with Crippen LogP contribution in [0.5, 0.6) is 0 Å². The van der Waals surface area contributed by atoms with Crippen LogP contribution in [0, 0.1) is 18.3 Å². The number of aryl methyl sites for hydroxylation is 1. The molecule has 8 heteroatoms. The molecule has 3 saturated heterocycles. The number of aliphatic hydroxyl groups excluding tert-OH is 1. The zero-order valence-electron chi connectivity index (χ0n) is 19.4. The van der Waals surface area contributed by atoms with E-state index in [0.29, 0.717) is 17.6 Å². The van der Waals surface area contributed by atoms with Crippen molar-refractivity contribution in [3.8, 4) is 17.2 Å². The topological polar surface area (TPSA) is 93.0 Å². The summed E-state index contributed by atoms with van der Waals surface area (Å²) >= 11 is 0. The SMILES string of the molecule is C=C(/C=N\C(O)=C/C)CN1C2CC1CN(c1ccc(-c3cc(C)cn4ncc(C#N)c34)cn1)C2. The van der Waals surface area contributed by atoms with E-state index in [2.05, 4.69) is 50.7 Å². The number of anilines is 1. The third kappa shape index (κ3) is 3.95. The molecule has 0 saturated carbocycles. The van der Waals surface area contributed by atoms with Crippen LogP contribution in [-0.2, 0) is 0 Å². The van der Waals surface area contributed by atoms with Gasteiger partial charge in [-0.15, -0.1) is 0 Å². The number of nitrogens with zero attached hydrogens (tertiary/aromatic N) is 7. The van der Waals surface area contributed by atoms with Gasteiger partial charge in [0, 0.05) is 61.5 Å². The van der Waals surface area contributed by atoms with Crippen LogP contribution in [-0.4, -0.2) is 62.5 Å². The van der Waals surface area contributed by atoms with Gasteiger partial charge in [0.05, 0.1) is 17.3 Å². The minimum Gasteiger partial charge on any atom is -0.494 e. The second-order valence-corrected chi connectivity index (χ2v) is 8.98. The molecule has 6 rings (SSSR count). The number of piperidine rings is 1. The maximum atomic E-state index is 9.49. The Balaban J connectivity index is 1.29. The Morgan fingerprint density at radius 3 is 2.79 bits per heavy atom. The van der Waals surface area contributed by atoms with Gasteiger partial charge in [-0.05, 0) is 55.7 Å². The predicted octanol–water partition coefficient (Wildman–Crippen LogP) is 3.89. The number of fused-ring (bicyclic) bond motifs is 3. The predicted molar refractivity (Wildman–Crippen MR) is 133 cm³/mol. The minimum absolute atomic E-state index is 0.00845. The van der Waals surface area contributed by atoms with E-state index in [1.807, 2.05) is 19.3 Å². The summed E-state index contributed by atoms with van der Waals surface area (Å²) < 4.78 is 1.77. The van der Waals surface area contributed by atoms with Crippen LogP contribution in [0.4, 0.5) is 5.82 Å². The van der Waals surface area contributed by atoms with E-state index < -0.39 is 0 Å². The largest absolute Gasteiger partial charge is 0.494 e. The number of aliphatic imine (C=N–C) groups is 1. The summed E-state index contributed by atoms with van der Waals surface area (Å²) in [5, 5.41) is 23.3. The molecule has 172 valence electrons. The summed E-state index contributed by atoms with van der Waals surface area (Å²) in [6.45, 7) is 10.4. The lowest BCUT2D eigenvalue weighted by atomic mass is 9.87. The van der Waals surface area contributed by atoms with Crippen molar-refractivity contribution in [2.45, 2.75) is 32.4 Å². The number of hydrogen-bond donors (Lipinski definition) is 1. The molecule has 6 heterocycles. The average Bonchev–Trinajstić information content (AvgIpc) is 3.28. The monoisotopic (exact) mass is 453 g/mol. The first kappa shape index (κ1) is 21.9. The van der Waals surface area contributed by atoms with Crippen molar-refractivity contribution in [3.05, 3.63) is 72.0 Å². The summed E-state index contributed by atoms with van der Waals surface area (Å²) in [5.41, 5.74) is 5.26. The maximum Gasteiger partial charge on any atom is 0.206 e. The third-order valence-electron chi connectivity index (χ3n) is 6.62. The van der Waals surface area contributed by atoms with E-state index in [0.717, 1.165) is 53.2 Å². The number of rotatable bonds is 6. The molecular weight excluding hydrogens is 426 g/mol. The van der Waals surface area contributed by atoms with Crippen LogP contribution in [0.25, 0.3) is 16.6 Å². The highest BCUT2D eigenvalue weighted by Crippen LogP contribution is 2.35. The summed E-state index contributed by atoms with van der Waals surface area (Å²) in [7, 11) is 0. The molecule has 0 spiro atoms. The van der Waals surface area contributed by atoms with Crippen molar-refractivity contribution in [1.82, 2.24) is 19.5 Å². The molecule has 0 aromatic carbocycles. The minimum atomic E-state index is 0.00845. The molecule has 8 nitrogen and oxygen atoms in total. The Morgan fingerprint density at radius 2 is 2.12 bits per heavy atom. The fourth-order valence-corrected chi connectivity index (χ4v) is 4.93. The molecule has 0 radical (unpaired) electrons. The maximum absolute atomic E-state index is 9.49. The first-order chi connectivity index (χ1) is 16.5. The lowest BCUT2D eigenvalue weighted by Gasteiger charge is -2.56. The summed E-state index contributed by atoms with van der Waals surface area (Å²) in [6, 6.07) is 9.38. The van der Waals surface area contributed by atoms with E-state index >= 15 is 0 Å². The molecule has 2 unspecified atom stereocenters. The normalized spacial score (nSPS) is 20.5. The molecule has 3 aromatic rings. The van der Waals surface area contributed by atoms with E-state index in [1.54, 1.807) is 29.9 Å². The Morgan fingerprint density at radius 1 is 1.32 bits per heavy atom. The second kappa shape index (κ2) is 8.76. The molecule has 3 aliphatic rings. The molecular formula is C26H27N7O. The Labute approximate surface area is 198 Å². The Kier molecular flexibility index (Phi) is 5.64. The molecule has 3 aliphatic heterocycles. The molecule has 2 bridgehead atoms. The standard InChI is InChI=1S/C26H27N7O/c1-4-25(34)29-10-18(3)13-32-21-8-22(32)16-31(15-21)24-6-5-19(11-28-24)23-7-17(2)14-33-26(23)20(9-27)12-30-33/h4-7,10-12,14,21-22,34H,3,8,13,15-16H2,1-2H3/b25-4+,29-10-. The molecule has 3 fully saturated rings. The lowest BCUT2D eigenvalue weighted by Crippen LogP contribution is -2.69. The number of nitriles is 1. The zero-order chi connectivity index (χ0) is 23.8. The quantitative estimate of drug-likeness (QED) is 0.450. The van der Waals surface area contributed by atoms with Gasteiger partial charge >= 0.3 is 0 Å². The van der Waals surface area contributed by atoms with Crippen LogP contribution < -0.4 is 4.90 Å². The van der Waals surface area contributed by atoms with Crippen molar-refractivity contribution in [3.63, 3.8) is 0 Å². The smallest absolute Gasteiger partial charge is 0.206 e. The van der Waals surface area contributed by atoms with E-state index in [9.17, 15) is 10.4 Å². The summed E-state index contributed by atoms with van der Waals surface area (Å²) in [6.07, 6.45) is 9.80. The Hall–Kier alpha value is -3.96. The van der Waals surface area contributed by atoms with E-state index in [4.69, 9.17) is 4.98 Å². The molecule has 0 aliphatic carbocycles. The molecule has 2 atom stereocenters. The van der Waals surface area contributed by atoms with Crippen molar-refractivity contribution in [1.29, 1.82) is 5.26 Å². The first-order valence-corrected chi connectivity index (χ1v) is 11.4. The molecule has 3 aromatic heterocycles. The first-order valence-electron chi connectivity index (χ1n) is 11.4. The highest BCUT2D eigenvalue weighted by Gasteiger charge is 2.44. The third-order valence-corrected chi connectivity index (χ3v) is 6.62. The van der Waals surface area contributed by atoms with Crippen LogP contribution in [0.1, 0.15) is 24.5 Å². The molecule has 34 heavy (non-hydrogen) atoms.